The first kappa shape index (κ1) is 22.5. The molecule has 3 nitrogen and oxygen atoms in total. The normalized spacial score (nSPS) is 25.1. The Balaban J connectivity index is 2.08. The minimum atomic E-state index is -1.83. The molecule has 0 amide bonds. The number of aliphatic hydroxyl groups is 1. The highest BCUT2D eigenvalue weighted by Gasteiger charge is 2.41. The monoisotopic (exact) mass is 408 g/mol. The van der Waals surface area contributed by atoms with Crippen LogP contribution in [0.3, 0.4) is 0 Å². The summed E-state index contributed by atoms with van der Waals surface area (Å²) in [5, 5.41) is 10.3. The van der Waals surface area contributed by atoms with Gasteiger partial charge in [-0.2, -0.15) is 0 Å². The highest BCUT2D eigenvalue weighted by atomic mass is 32.2. The van der Waals surface area contributed by atoms with Crippen LogP contribution in [0.15, 0.2) is 46.9 Å². The molecule has 0 aromatic heterocycles. The molecule has 1 unspecified atom stereocenters. The topological polar surface area (TPSA) is 46.5 Å². The molecule has 0 saturated carbocycles. The lowest BCUT2D eigenvalue weighted by atomic mass is 9.73. The third-order valence-corrected chi connectivity index (χ3v) is 12.1. The Kier molecular flexibility index (Phi) is 7.28. The van der Waals surface area contributed by atoms with Crippen LogP contribution < -0.4 is 0 Å². The Bertz CT molecular complexity index is 679. The van der Waals surface area contributed by atoms with E-state index in [1.807, 2.05) is 36.4 Å². The number of aliphatic hydroxyl groups excluding tert-OH is 1. The molecule has 1 aromatic carbocycles. The largest absolute Gasteiger partial charge is 0.416 e. The molecule has 0 saturated heterocycles. The molecule has 27 heavy (non-hydrogen) atoms. The second-order valence-electron chi connectivity index (χ2n) is 9.52. The van der Waals surface area contributed by atoms with Crippen LogP contribution >= 0.6 is 0 Å². The van der Waals surface area contributed by atoms with Crippen molar-refractivity contribution in [3.63, 3.8) is 0 Å². The summed E-state index contributed by atoms with van der Waals surface area (Å²) in [6, 6.07) is 9.62. The van der Waals surface area contributed by atoms with Crippen LogP contribution in [0.1, 0.15) is 47.0 Å². The van der Waals surface area contributed by atoms with Crippen molar-refractivity contribution in [2.24, 2.45) is 5.41 Å². The molecule has 2 rings (SSSR count). The Morgan fingerprint density at radius 2 is 1.89 bits per heavy atom. The zero-order chi connectivity index (χ0) is 20.3. The van der Waals surface area contributed by atoms with Gasteiger partial charge in [-0.25, -0.2) is 0 Å². The van der Waals surface area contributed by atoms with Gasteiger partial charge in [0.25, 0.3) is 0 Å². The molecule has 1 aliphatic rings. The molecule has 0 heterocycles. The Hall–Kier alpha value is -0.753. The molecule has 1 aromatic rings. The van der Waals surface area contributed by atoms with Gasteiger partial charge >= 0.3 is 0 Å². The third kappa shape index (κ3) is 5.86. The molecule has 152 valence electrons. The maximum absolute atomic E-state index is 12.6. The van der Waals surface area contributed by atoms with Gasteiger partial charge in [-0.1, -0.05) is 57.5 Å². The summed E-state index contributed by atoms with van der Waals surface area (Å²) in [5.74, 6) is 0.582. The lowest BCUT2D eigenvalue weighted by molar-refractivity contribution is 0.119. The van der Waals surface area contributed by atoms with Gasteiger partial charge < -0.3 is 9.53 Å². The quantitative estimate of drug-likeness (QED) is 0.492. The minimum absolute atomic E-state index is 0.0877. The number of benzene rings is 1. The Morgan fingerprint density at radius 1 is 1.26 bits per heavy atom. The van der Waals surface area contributed by atoms with Gasteiger partial charge in [0.1, 0.15) is 0 Å². The van der Waals surface area contributed by atoms with E-state index in [0.29, 0.717) is 12.4 Å². The van der Waals surface area contributed by atoms with Crippen LogP contribution in [0.2, 0.25) is 18.1 Å². The molecule has 0 aliphatic heterocycles. The first-order valence-corrected chi connectivity index (χ1v) is 14.1. The highest BCUT2D eigenvalue weighted by molar-refractivity contribution is 7.85. The second kappa shape index (κ2) is 8.72. The van der Waals surface area contributed by atoms with E-state index in [1.54, 1.807) is 0 Å². The van der Waals surface area contributed by atoms with Crippen LogP contribution in [-0.4, -0.2) is 36.1 Å². The molecular weight excluding hydrogens is 372 g/mol. The maximum Gasteiger partial charge on any atom is 0.192 e. The molecule has 1 aliphatic carbocycles. The average molecular weight is 409 g/mol. The van der Waals surface area contributed by atoms with Gasteiger partial charge in [-0.3, -0.25) is 4.21 Å². The SMILES string of the molecule is CC(C)(C)[Si](C)(C)OC[C@]1(C)CC[C@@H](O)C=C1CCS(=O)c1ccccc1. The summed E-state index contributed by atoms with van der Waals surface area (Å²) in [5.41, 5.74) is 1.11. The lowest BCUT2D eigenvalue weighted by Gasteiger charge is -2.42. The van der Waals surface area contributed by atoms with Gasteiger partial charge in [-0.05, 0) is 49.5 Å². The highest BCUT2D eigenvalue weighted by Crippen LogP contribution is 2.43. The van der Waals surface area contributed by atoms with Crippen molar-refractivity contribution in [2.45, 2.75) is 76.1 Å². The van der Waals surface area contributed by atoms with Gasteiger partial charge in [0.15, 0.2) is 8.32 Å². The molecule has 0 fully saturated rings. The van der Waals surface area contributed by atoms with Crippen molar-refractivity contribution in [1.82, 2.24) is 0 Å². The third-order valence-electron chi connectivity index (χ3n) is 6.28. The van der Waals surface area contributed by atoms with Crippen molar-refractivity contribution in [3.05, 3.63) is 42.0 Å². The molecule has 0 radical (unpaired) electrons. The lowest BCUT2D eigenvalue weighted by Crippen LogP contribution is -2.44. The van der Waals surface area contributed by atoms with Crippen molar-refractivity contribution in [3.8, 4) is 0 Å². The van der Waals surface area contributed by atoms with Gasteiger partial charge in [-0.15, -0.1) is 0 Å². The first-order valence-electron chi connectivity index (χ1n) is 9.91. The fourth-order valence-corrected chi connectivity index (χ4v) is 5.36. The van der Waals surface area contributed by atoms with Gasteiger partial charge in [0.2, 0.25) is 0 Å². The zero-order valence-electron chi connectivity index (χ0n) is 17.7. The first-order chi connectivity index (χ1) is 12.4. The molecule has 0 bridgehead atoms. The summed E-state index contributed by atoms with van der Waals surface area (Å²) in [7, 11) is -2.85. The van der Waals surface area contributed by atoms with Crippen LogP contribution in [0.5, 0.6) is 0 Å². The summed E-state index contributed by atoms with van der Waals surface area (Å²) in [6.07, 6.45) is 4.00. The fourth-order valence-electron chi connectivity index (χ4n) is 3.14. The predicted octanol–water partition coefficient (Wildman–Crippen LogP) is 5.29. The van der Waals surface area contributed by atoms with Crippen LogP contribution in [0.25, 0.3) is 0 Å². The number of rotatable bonds is 7. The Morgan fingerprint density at radius 3 is 2.48 bits per heavy atom. The van der Waals surface area contributed by atoms with E-state index in [2.05, 4.69) is 40.8 Å². The molecule has 3 atom stereocenters. The summed E-state index contributed by atoms with van der Waals surface area (Å²) in [6.45, 7) is 14.2. The second-order valence-corrected chi connectivity index (χ2v) is 15.9. The van der Waals surface area contributed by atoms with E-state index in [-0.39, 0.29) is 10.5 Å². The van der Waals surface area contributed by atoms with Gasteiger partial charge in [0, 0.05) is 22.7 Å². The van der Waals surface area contributed by atoms with E-state index < -0.39 is 25.2 Å². The van der Waals surface area contributed by atoms with Crippen LogP contribution in [0.4, 0.5) is 0 Å². The maximum atomic E-state index is 12.6. The average Bonchev–Trinajstić information content (AvgIpc) is 2.61. The molecular formula is C22H36O3SSi. The van der Waals surface area contributed by atoms with Crippen LogP contribution in [-0.2, 0) is 15.2 Å². The smallest absolute Gasteiger partial charge is 0.192 e. The van der Waals surface area contributed by atoms with Crippen molar-refractivity contribution in [1.29, 1.82) is 0 Å². The zero-order valence-corrected chi connectivity index (χ0v) is 19.6. The van der Waals surface area contributed by atoms with Crippen molar-refractivity contribution >= 4 is 19.1 Å². The minimum Gasteiger partial charge on any atom is -0.416 e. The standard InChI is InChI=1S/C22H36O3SSi/c1-21(2,3)27(5,6)25-17-22(4)14-12-19(23)16-18(22)13-15-26(24)20-10-8-7-9-11-20/h7-11,16,19,23H,12-15,17H2,1-6H3/t19-,22+,26?/m1/s1. The number of hydrogen-bond donors (Lipinski definition) is 1. The van der Waals surface area contributed by atoms with E-state index in [0.717, 1.165) is 24.2 Å². The molecule has 1 N–H and O–H groups in total. The van der Waals surface area contributed by atoms with E-state index >= 15 is 0 Å². The Labute approximate surface area is 168 Å². The summed E-state index contributed by atoms with van der Waals surface area (Å²) in [4.78, 5) is 0.869. The summed E-state index contributed by atoms with van der Waals surface area (Å²) < 4.78 is 19.2. The van der Waals surface area contributed by atoms with E-state index in [9.17, 15) is 9.32 Å². The van der Waals surface area contributed by atoms with Gasteiger partial charge in [0.05, 0.1) is 16.9 Å². The van der Waals surface area contributed by atoms with E-state index in [1.165, 1.54) is 5.57 Å². The number of hydrogen-bond acceptors (Lipinski definition) is 3. The summed E-state index contributed by atoms with van der Waals surface area (Å²) >= 11 is 0. The fraction of sp³-hybridized carbons (Fsp3) is 0.636. The van der Waals surface area contributed by atoms with Crippen LogP contribution in [0, 0.1) is 5.41 Å². The van der Waals surface area contributed by atoms with Crippen molar-refractivity contribution in [2.75, 3.05) is 12.4 Å². The van der Waals surface area contributed by atoms with Crippen molar-refractivity contribution < 1.29 is 13.7 Å². The molecule has 5 heteroatoms. The predicted molar refractivity (Wildman–Crippen MR) is 117 cm³/mol. The molecule has 0 spiro atoms. The van der Waals surface area contributed by atoms with E-state index in [4.69, 9.17) is 4.43 Å².